The van der Waals surface area contributed by atoms with E-state index >= 15 is 0 Å². The highest BCUT2D eigenvalue weighted by Gasteiger charge is 2.30. The highest BCUT2D eigenvalue weighted by atomic mass is 19.4. The van der Waals surface area contributed by atoms with Crippen LogP contribution in [-0.2, 0) is 6.18 Å². The molecule has 0 unspecified atom stereocenters. The van der Waals surface area contributed by atoms with Crippen LogP contribution in [0.3, 0.4) is 0 Å². The van der Waals surface area contributed by atoms with Gasteiger partial charge < -0.3 is 5.11 Å². The van der Waals surface area contributed by atoms with Crippen LogP contribution in [-0.4, -0.2) is 16.7 Å². The number of pyridine rings is 1. The van der Waals surface area contributed by atoms with E-state index in [-0.39, 0.29) is 12.5 Å². The summed E-state index contributed by atoms with van der Waals surface area (Å²) < 4.78 is 37.9. The predicted octanol–water partition coefficient (Wildman–Crippen LogP) is 5.42. The van der Waals surface area contributed by atoms with Crippen molar-refractivity contribution < 1.29 is 18.3 Å². The van der Waals surface area contributed by atoms with Crippen molar-refractivity contribution >= 4 is 0 Å². The maximum absolute atomic E-state index is 12.6. The Morgan fingerprint density at radius 3 is 2.20 bits per heavy atom. The molecule has 2 nitrogen and oxygen atoms in total. The fraction of sp³-hybridized carbons (Fsp3) is 0.450. The average Bonchev–Trinajstić information content (AvgIpc) is 2.63. The number of hydrogen-bond acceptors (Lipinski definition) is 2. The molecule has 0 radical (unpaired) electrons. The summed E-state index contributed by atoms with van der Waals surface area (Å²) in [7, 11) is 0. The van der Waals surface area contributed by atoms with Gasteiger partial charge in [0.1, 0.15) is 0 Å². The monoisotopic (exact) mass is 349 g/mol. The van der Waals surface area contributed by atoms with Crippen molar-refractivity contribution in [2.24, 2.45) is 5.92 Å². The Labute approximate surface area is 145 Å². The molecule has 25 heavy (non-hydrogen) atoms. The third-order valence-electron chi connectivity index (χ3n) is 5.14. The van der Waals surface area contributed by atoms with Gasteiger partial charge in [0.05, 0.1) is 17.9 Å². The van der Waals surface area contributed by atoms with Crippen LogP contribution in [0.5, 0.6) is 0 Å². The third kappa shape index (κ3) is 4.21. The molecular formula is C20H22F3NO. The molecule has 1 aliphatic rings. The van der Waals surface area contributed by atoms with E-state index in [9.17, 15) is 18.3 Å². The zero-order valence-corrected chi connectivity index (χ0v) is 14.0. The zero-order valence-electron chi connectivity index (χ0n) is 14.0. The summed E-state index contributed by atoms with van der Waals surface area (Å²) in [4.78, 5) is 4.41. The number of hydrogen-bond donors (Lipinski definition) is 1. The largest absolute Gasteiger partial charge is 0.416 e. The lowest BCUT2D eigenvalue weighted by molar-refractivity contribution is -0.137. The molecule has 0 amide bonds. The van der Waals surface area contributed by atoms with E-state index in [2.05, 4.69) is 4.98 Å². The van der Waals surface area contributed by atoms with Gasteiger partial charge in [0, 0.05) is 17.7 Å². The standard InChI is InChI=1S/C20H22F3NO/c21-20(22,23)17-9-6-15(7-10-17)19-11-8-16(12-24-19)18(13-25)14-4-2-1-3-5-14/h6-12,14,18,25H,1-5,13H2/t18-/m0/s1. The Hall–Kier alpha value is -1.88. The zero-order chi connectivity index (χ0) is 17.9. The van der Waals surface area contributed by atoms with Crippen LogP contribution < -0.4 is 0 Å². The third-order valence-corrected chi connectivity index (χ3v) is 5.14. The maximum atomic E-state index is 12.6. The van der Waals surface area contributed by atoms with Gasteiger partial charge in [-0.2, -0.15) is 13.2 Å². The van der Waals surface area contributed by atoms with Gasteiger partial charge in [-0.15, -0.1) is 0 Å². The van der Waals surface area contributed by atoms with Gasteiger partial charge in [0.25, 0.3) is 0 Å². The Bertz CT molecular complexity index is 674. The van der Waals surface area contributed by atoms with E-state index in [0.717, 1.165) is 30.5 Å². The molecule has 1 atom stereocenters. The van der Waals surface area contributed by atoms with Crippen LogP contribution in [0.25, 0.3) is 11.3 Å². The van der Waals surface area contributed by atoms with Crippen LogP contribution in [0.2, 0.25) is 0 Å². The minimum atomic E-state index is -4.33. The summed E-state index contributed by atoms with van der Waals surface area (Å²) in [6, 6.07) is 8.79. The fourth-order valence-electron chi connectivity index (χ4n) is 3.69. The van der Waals surface area contributed by atoms with E-state index < -0.39 is 11.7 Å². The van der Waals surface area contributed by atoms with Crippen LogP contribution in [0.4, 0.5) is 13.2 Å². The number of aromatic nitrogens is 1. The predicted molar refractivity (Wildman–Crippen MR) is 91.1 cm³/mol. The molecule has 0 saturated heterocycles. The molecule has 0 aliphatic heterocycles. The van der Waals surface area contributed by atoms with E-state index in [4.69, 9.17) is 0 Å². The van der Waals surface area contributed by atoms with E-state index in [1.807, 2.05) is 12.1 Å². The van der Waals surface area contributed by atoms with Gasteiger partial charge in [-0.1, -0.05) is 37.5 Å². The average molecular weight is 349 g/mol. The van der Waals surface area contributed by atoms with E-state index in [1.54, 1.807) is 6.20 Å². The molecule has 1 heterocycles. The highest BCUT2D eigenvalue weighted by Crippen LogP contribution is 2.36. The molecule has 1 N–H and O–H groups in total. The quantitative estimate of drug-likeness (QED) is 0.799. The van der Waals surface area contributed by atoms with Crippen LogP contribution in [0.1, 0.15) is 49.1 Å². The second-order valence-electron chi connectivity index (χ2n) is 6.74. The lowest BCUT2D eigenvalue weighted by atomic mass is 9.77. The van der Waals surface area contributed by atoms with Gasteiger partial charge in [-0.25, -0.2) is 0 Å². The number of aliphatic hydroxyl groups excluding tert-OH is 1. The Morgan fingerprint density at radius 2 is 1.68 bits per heavy atom. The molecule has 3 rings (SSSR count). The smallest absolute Gasteiger partial charge is 0.396 e. The normalized spacial score (nSPS) is 17.4. The molecule has 5 heteroatoms. The summed E-state index contributed by atoms with van der Waals surface area (Å²) >= 11 is 0. The Balaban J connectivity index is 1.77. The maximum Gasteiger partial charge on any atom is 0.416 e. The van der Waals surface area contributed by atoms with Crippen molar-refractivity contribution in [2.45, 2.75) is 44.2 Å². The molecule has 2 aromatic rings. The van der Waals surface area contributed by atoms with Gasteiger partial charge in [0.2, 0.25) is 0 Å². The number of nitrogens with zero attached hydrogens (tertiary/aromatic N) is 1. The van der Waals surface area contributed by atoms with E-state index in [0.29, 0.717) is 17.2 Å². The van der Waals surface area contributed by atoms with Crippen LogP contribution >= 0.6 is 0 Å². The minimum Gasteiger partial charge on any atom is -0.396 e. The van der Waals surface area contributed by atoms with Crippen molar-refractivity contribution in [1.82, 2.24) is 4.98 Å². The number of alkyl halides is 3. The molecule has 134 valence electrons. The SMILES string of the molecule is OC[C@H](c1ccc(-c2ccc(C(F)(F)F)cc2)nc1)C1CCCCC1. The Kier molecular flexibility index (Phi) is 5.42. The summed E-state index contributed by atoms with van der Waals surface area (Å²) in [5.74, 6) is 0.576. The van der Waals surface area contributed by atoms with Crippen LogP contribution in [0.15, 0.2) is 42.6 Å². The van der Waals surface area contributed by atoms with E-state index in [1.165, 1.54) is 31.4 Å². The summed E-state index contributed by atoms with van der Waals surface area (Å²) in [5.41, 5.74) is 1.63. The first-order valence-corrected chi connectivity index (χ1v) is 8.73. The van der Waals surface area contributed by atoms with Gasteiger partial charge in [0.15, 0.2) is 0 Å². The molecule has 0 bridgehead atoms. The molecule has 1 aliphatic carbocycles. The lowest BCUT2D eigenvalue weighted by Gasteiger charge is -2.29. The molecule has 1 fully saturated rings. The molecule has 1 saturated carbocycles. The molecule has 1 aromatic heterocycles. The first-order valence-electron chi connectivity index (χ1n) is 8.73. The van der Waals surface area contributed by atoms with Crippen LogP contribution in [0, 0.1) is 5.92 Å². The van der Waals surface area contributed by atoms with Gasteiger partial charge in [-0.3, -0.25) is 4.98 Å². The second-order valence-corrected chi connectivity index (χ2v) is 6.74. The minimum absolute atomic E-state index is 0.0921. The summed E-state index contributed by atoms with van der Waals surface area (Å²) in [5, 5.41) is 9.79. The number of rotatable bonds is 4. The molecule has 0 spiro atoms. The Morgan fingerprint density at radius 1 is 1.00 bits per heavy atom. The van der Waals surface area contributed by atoms with Crippen molar-refractivity contribution in [2.75, 3.05) is 6.61 Å². The van der Waals surface area contributed by atoms with Gasteiger partial charge >= 0.3 is 6.18 Å². The summed E-state index contributed by atoms with van der Waals surface area (Å²) in [6.07, 6.45) is 3.36. The van der Waals surface area contributed by atoms with Gasteiger partial charge in [-0.05, 0) is 42.5 Å². The van der Waals surface area contributed by atoms with Crippen molar-refractivity contribution in [3.63, 3.8) is 0 Å². The van der Waals surface area contributed by atoms with Crippen molar-refractivity contribution in [3.8, 4) is 11.3 Å². The summed E-state index contributed by atoms with van der Waals surface area (Å²) in [6.45, 7) is 0.103. The second kappa shape index (κ2) is 7.56. The fourth-order valence-corrected chi connectivity index (χ4v) is 3.69. The van der Waals surface area contributed by atoms with Crippen molar-refractivity contribution in [3.05, 3.63) is 53.7 Å². The molecular weight excluding hydrogens is 327 g/mol. The highest BCUT2D eigenvalue weighted by molar-refractivity contribution is 5.59. The topological polar surface area (TPSA) is 33.1 Å². The number of halogens is 3. The molecule has 1 aromatic carbocycles. The first kappa shape index (κ1) is 17.9. The lowest BCUT2D eigenvalue weighted by Crippen LogP contribution is -2.19. The van der Waals surface area contributed by atoms with Crippen molar-refractivity contribution in [1.29, 1.82) is 0 Å². The number of aliphatic hydroxyl groups is 1. The number of benzene rings is 1. The first-order chi connectivity index (χ1) is 12.0.